The van der Waals surface area contributed by atoms with Gasteiger partial charge >= 0.3 is 60.1 Å². The van der Waals surface area contributed by atoms with Crippen LogP contribution in [0.5, 0.6) is 0 Å². The molecule has 28 nitrogen and oxygen atoms in total. The fraction of sp³-hybridized carbons (Fsp3) is 0.797. The molecule has 0 bridgehead atoms. The summed E-state index contributed by atoms with van der Waals surface area (Å²) in [5, 5.41) is 24.1. The minimum absolute atomic E-state index is 0.00728. The Kier molecular flexibility index (Phi) is 47.2. The molecule has 0 spiro atoms. The number of esters is 4. The van der Waals surface area contributed by atoms with E-state index in [2.05, 4.69) is 49.5 Å². The van der Waals surface area contributed by atoms with E-state index in [1.54, 1.807) is 6.92 Å². The van der Waals surface area contributed by atoms with Gasteiger partial charge in [0.05, 0.1) is 12.1 Å². The number of carbonyl (C=O) groups excluding carboxylic acids is 12. The molecule has 0 fully saturated rings. The predicted octanol–water partition coefficient (Wildman–Crippen LogP) is 6.25. The average molecular weight is 1240 g/mol. The van der Waals surface area contributed by atoms with Crippen LogP contribution in [0.4, 0.5) is 28.8 Å². The van der Waals surface area contributed by atoms with E-state index >= 15 is 0 Å². The topological polar surface area (TPSA) is 414 Å². The fourth-order valence-electron chi connectivity index (χ4n) is 8.18. The van der Waals surface area contributed by atoms with E-state index in [-0.39, 0.29) is 101 Å². The Morgan fingerprint density at radius 1 is 0.414 bits per heavy atom. The standard InChI is InChI=1S/C59H108N12O16/c1-7-9-10-17-24-35-62-53(78)68-57(82)69-54(79)64-37-26-19-12-15-22-29-50(75)86-41-46(67-47(72)32-34-59(6,61)33-31-44(5)52(77)66-43(3)4)42-87-51(76)30-23-16-13-20-27-38-65-56(81)71-58(83)70-55(80)63-36-25-18-11-14-21-28-49(74)85-40-45(60)39-84-48(73)8-2/h43-46H,7-42,60-61H2,1-6H3,(H,66,77)(H,67,72)(H4,62,64,68,69,78,79,82)(H4,63,65,70,71,80,81,83). The SMILES string of the molecule is CCCCCCCNC(=O)NC(=O)NC(=O)NCCCCCCCC(=O)OCC(COC(=O)CCCCCCCNC(=O)NC(=O)NC(=O)NCCCCCCCC(=O)OCC(N)COC(=O)CC)NC(=O)CCC(C)(N)CCC(C)C(=O)NC(C)C. The molecule has 0 rings (SSSR count). The number of hydrogen-bond donors (Lipinski definition) is 12. The number of amides is 14. The molecule has 14 N–H and O–H groups in total. The Bertz CT molecular complexity index is 2050. The highest BCUT2D eigenvalue weighted by Crippen LogP contribution is 2.20. The summed E-state index contributed by atoms with van der Waals surface area (Å²) in [6, 6.07) is -6.30. The molecule has 0 aliphatic carbocycles. The lowest BCUT2D eigenvalue weighted by atomic mass is 9.88. The number of imide groups is 4. The van der Waals surface area contributed by atoms with Crippen molar-refractivity contribution in [2.24, 2.45) is 17.4 Å². The maximum atomic E-state index is 13.2. The van der Waals surface area contributed by atoms with Gasteiger partial charge in [0.2, 0.25) is 11.8 Å². The van der Waals surface area contributed by atoms with Crippen molar-refractivity contribution in [3.05, 3.63) is 0 Å². The summed E-state index contributed by atoms with van der Waals surface area (Å²) in [6.45, 7) is 11.9. The van der Waals surface area contributed by atoms with Crippen molar-refractivity contribution in [2.75, 3.05) is 52.6 Å². The fourth-order valence-corrected chi connectivity index (χ4v) is 8.18. The van der Waals surface area contributed by atoms with Gasteiger partial charge in [-0.3, -0.25) is 50.0 Å². The van der Waals surface area contributed by atoms with E-state index in [4.69, 9.17) is 30.4 Å². The number of unbranched alkanes of at least 4 members (excludes halogenated alkanes) is 16. The molecule has 0 radical (unpaired) electrons. The van der Waals surface area contributed by atoms with Gasteiger partial charge in [-0.15, -0.1) is 0 Å². The second-order valence-corrected chi connectivity index (χ2v) is 22.5. The molecule has 4 atom stereocenters. The molecule has 28 heteroatoms. The second-order valence-electron chi connectivity index (χ2n) is 22.5. The largest absolute Gasteiger partial charge is 0.464 e. The molecule has 0 aromatic heterocycles. The number of carbonyl (C=O) groups is 12. The van der Waals surface area contributed by atoms with Gasteiger partial charge in [-0.05, 0) is 85.0 Å². The van der Waals surface area contributed by atoms with E-state index in [9.17, 15) is 57.5 Å². The summed E-state index contributed by atoms with van der Waals surface area (Å²) >= 11 is 0. The van der Waals surface area contributed by atoms with Crippen LogP contribution in [0.2, 0.25) is 0 Å². The lowest BCUT2D eigenvalue weighted by Crippen LogP contribution is -2.49. The van der Waals surface area contributed by atoms with Crippen LogP contribution < -0.4 is 64.6 Å². The minimum Gasteiger partial charge on any atom is -0.464 e. The Labute approximate surface area is 514 Å². The number of urea groups is 6. The van der Waals surface area contributed by atoms with Gasteiger partial charge in [0, 0.05) is 75.8 Å². The van der Waals surface area contributed by atoms with Gasteiger partial charge in [-0.2, -0.15) is 0 Å². The van der Waals surface area contributed by atoms with Crippen LogP contribution in [0.1, 0.15) is 221 Å². The first-order valence-corrected chi connectivity index (χ1v) is 31.5. The van der Waals surface area contributed by atoms with Crippen LogP contribution in [0.15, 0.2) is 0 Å². The van der Waals surface area contributed by atoms with Gasteiger partial charge in [0.25, 0.3) is 0 Å². The highest BCUT2D eigenvalue weighted by Gasteiger charge is 2.25. The second kappa shape index (κ2) is 51.2. The molecule has 0 aromatic rings. The van der Waals surface area contributed by atoms with Gasteiger partial charge < -0.3 is 62.3 Å². The number of ether oxygens (including phenoxy) is 4. The maximum Gasteiger partial charge on any atom is 0.330 e. The highest BCUT2D eigenvalue weighted by molar-refractivity contribution is 6.01. The number of nitrogens with two attached hydrogens (primary N) is 2. The molecule has 14 amide bonds. The molecule has 4 unspecified atom stereocenters. The highest BCUT2D eigenvalue weighted by atomic mass is 16.6. The molecule has 0 heterocycles. The van der Waals surface area contributed by atoms with Crippen molar-refractivity contribution in [3.8, 4) is 0 Å². The molecular formula is C59H108N12O16. The summed E-state index contributed by atoms with van der Waals surface area (Å²) in [4.78, 5) is 146. The third-order valence-electron chi connectivity index (χ3n) is 13.4. The molecule has 0 saturated heterocycles. The summed E-state index contributed by atoms with van der Waals surface area (Å²) in [7, 11) is 0. The number of hydrogen-bond acceptors (Lipinski definition) is 18. The number of rotatable bonds is 48. The Balaban J connectivity index is 4.62. The van der Waals surface area contributed by atoms with Crippen molar-refractivity contribution in [3.63, 3.8) is 0 Å². The van der Waals surface area contributed by atoms with E-state index in [0.29, 0.717) is 96.7 Å². The first-order chi connectivity index (χ1) is 41.4. The van der Waals surface area contributed by atoms with Crippen molar-refractivity contribution in [1.82, 2.24) is 53.2 Å². The Morgan fingerprint density at radius 3 is 1.13 bits per heavy atom. The Morgan fingerprint density at radius 2 is 0.759 bits per heavy atom. The van der Waals surface area contributed by atoms with Crippen molar-refractivity contribution in [2.45, 2.75) is 245 Å². The molecule has 500 valence electrons. The quantitative estimate of drug-likeness (QED) is 0.0182. The molecule has 0 aliphatic heterocycles. The summed E-state index contributed by atoms with van der Waals surface area (Å²) in [5.41, 5.74) is 11.6. The molecular weight excluding hydrogens is 1130 g/mol. The lowest BCUT2D eigenvalue weighted by Gasteiger charge is -2.26. The predicted molar refractivity (Wildman–Crippen MR) is 326 cm³/mol. The van der Waals surface area contributed by atoms with Gasteiger partial charge in [0.15, 0.2) is 0 Å². The molecule has 0 saturated carbocycles. The first-order valence-electron chi connectivity index (χ1n) is 31.5. The first kappa shape index (κ1) is 80.2. The van der Waals surface area contributed by atoms with E-state index in [0.717, 1.165) is 70.6 Å². The maximum absolute atomic E-state index is 13.2. The molecule has 0 aromatic carbocycles. The van der Waals surface area contributed by atoms with Crippen LogP contribution in [0.3, 0.4) is 0 Å². The molecule has 0 aliphatic rings. The zero-order valence-electron chi connectivity index (χ0n) is 53.0. The average Bonchev–Trinajstić information content (AvgIpc) is 3.63. The van der Waals surface area contributed by atoms with Crippen LogP contribution in [0, 0.1) is 5.92 Å². The van der Waals surface area contributed by atoms with E-state index in [1.165, 1.54) is 0 Å². The van der Waals surface area contributed by atoms with Crippen LogP contribution >= 0.6 is 0 Å². The summed E-state index contributed by atoms with van der Waals surface area (Å²) in [5.74, 6) is -2.47. The van der Waals surface area contributed by atoms with Gasteiger partial charge in [0.1, 0.15) is 26.4 Å². The van der Waals surface area contributed by atoms with Crippen molar-refractivity contribution in [1.29, 1.82) is 0 Å². The van der Waals surface area contributed by atoms with Gasteiger partial charge in [-0.1, -0.05) is 104 Å². The number of nitrogens with one attached hydrogen (secondary N) is 10. The lowest BCUT2D eigenvalue weighted by molar-refractivity contribution is -0.149. The monoisotopic (exact) mass is 1240 g/mol. The summed E-state index contributed by atoms with van der Waals surface area (Å²) in [6.07, 6.45) is 17.3. The zero-order valence-corrected chi connectivity index (χ0v) is 53.0. The zero-order chi connectivity index (χ0) is 65.1. The van der Waals surface area contributed by atoms with Crippen LogP contribution in [-0.4, -0.2) is 148 Å². The smallest absolute Gasteiger partial charge is 0.330 e. The van der Waals surface area contributed by atoms with E-state index in [1.807, 2.05) is 38.3 Å². The third kappa shape index (κ3) is 51.0. The Hall–Kier alpha value is -6.84. The third-order valence-corrected chi connectivity index (χ3v) is 13.4. The van der Waals surface area contributed by atoms with Crippen molar-refractivity contribution < 1.29 is 76.5 Å². The van der Waals surface area contributed by atoms with Crippen LogP contribution in [0.25, 0.3) is 0 Å². The normalized spacial score (nSPS) is 12.6. The minimum atomic E-state index is -0.992. The van der Waals surface area contributed by atoms with Crippen molar-refractivity contribution >= 4 is 71.9 Å². The van der Waals surface area contributed by atoms with Gasteiger partial charge in [-0.25, -0.2) is 28.8 Å². The molecule has 87 heavy (non-hydrogen) atoms. The van der Waals surface area contributed by atoms with Crippen LogP contribution in [-0.2, 0) is 47.7 Å². The van der Waals surface area contributed by atoms with E-state index < -0.39 is 65.7 Å². The summed E-state index contributed by atoms with van der Waals surface area (Å²) < 4.78 is 21.0.